The molecule has 0 saturated carbocycles. The second-order valence-electron chi connectivity index (χ2n) is 2.94. The lowest BCUT2D eigenvalue weighted by Crippen LogP contribution is -1.81. The summed E-state index contributed by atoms with van der Waals surface area (Å²) in [6, 6.07) is 6.47. The summed E-state index contributed by atoms with van der Waals surface area (Å²) in [4.78, 5) is 0. The molecule has 0 N–H and O–H groups in total. The molecule has 1 rings (SSSR count). The molecule has 64 valence electrons. The molecular weight excluding hydrogens is 164 g/mol. The van der Waals surface area contributed by atoms with Crippen LogP contribution in [0.4, 0.5) is 0 Å². The molecule has 1 aromatic carbocycles. The number of aryl methyl sites for hydroxylation is 2. The van der Waals surface area contributed by atoms with Crippen molar-refractivity contribution in [1.82, 2.24) is 0 Å². The zero-order valence-electron chi connectivity index (χ0n) is 7.54. The van der Waals surface area contributed by atoms with Crippen LogP contribution in [0.2, 0.25) is 0 Å². The molecule has 0 saturated heterocycles. The second kappa shape index (κ2) is 4.36. The van der Waals surface area contributed by atoms with E-state index in [2.05, 4.69) is 56.8 Å². The average molecular weight is 178 g/mol. The highest BCUT2D eigenvalue weighted by atomic mass is 32.1. The summed E-state index contributed by atoms with van der Waals surface area (Å²) in [5.74, 6) is 0.799. The van der Waals surface area contributed by atoms with Gasteiger partial charge in [-0.25, -0.2) is 0 Å². The van der Waals surface area contributed by atoms with E-state index in [-0.39, 0.29) is 0 Å². The monoisotopic (exact) mass is 178 g/mol. The van der Waals surface area contributed by atoms with E-state index in [9.17, 15) is 0 Å². The van der Waals surface area contributed by atoms with Crippen molar-refractivity contribution in [3.8, 4) is 0 Å². The molecule has 0 bridgehead atoms. The molecule has 0 spiro atoms. The second-order valence-corrected chi connectivity index (χ2v) is 3.31. The van der Waals surface area contributed by atoms with Crippen LogP contribution in [0.1, 0.15) is 16.7 Å². The summed E-state index contributed by atoms with van der Waals surface area (Å²) in [7, 11) is 0. The van der Waals surface area contributed by atoms with E-state index in [0.29, 0.717) is 0 Å². The zero-order chi connectivity index (χ0) is 8.97. The number of rotatable bonds is 2. The first-order valence-electron chi connectivity index (χ1n) is 4.08. The first-order valence-corrected chi connectivity index (χ1v) is 4.72. The van der Waals surface area contributed by atoms with Crippen LogP contribution in [0, 0.1) is 13.8 Å². The van der Waals surface area contributed by atoms with E-state index in [0.717, 1.165) is 5.75 Å². The maximum Gasteiger partial charge on any atom is 0.00858 e. The quantitative estimate of drug-likeness (QED) is 0.660. The predicted molar refractivity (Wildman–Crippen MR) is 58.8 cm³/mol. The van der Waals surface area contributed by atoms with Crippen LogP contribution in [-0.2, 0) is 0 Å². The summed E-state index contributed by atoms with van der Waals surface area (Å²) >= 11 is 4.12. The van der Waals surface area contributed by atoms with Gasteiger partial charge in [0.15, 0.2) is 0 Å². The Morgan fingerprint density at radius 3 is 2.67 bits per heavy atom. The Morgan fingerprint density at radius 1 is 1.33 bits per heavy atom. The first-order chi connectivity index (χ1) is 5.74. The van der Waals surface area contributed by atoms with Crippen molar-refractivity contribution in [1.29, 1.82) is 0 Å². The van der Waals surface area contributed by atoms with Gasteiger partial charge in [0, 0.05) is 5.75 Å². The van der Waals surface area contributed by atoms with Gasteiger partial charge in [-0.05, 0) is 25.0 Å². The molecule has 1 aromatic rings. The Balaban J connectivity index is 2.94. The van der Waals surface area contributed by atoms with Gasteiger partial charge in [-0.2, -0.15) is 12.6 Å². The van der Waals surface area contributed by atoms with Crippen molar-refractivity contribution >= 4 is 18.7 Å². The van der Waals surface area contributed by atoms with Gasteiger partial charge >= 0.3 is 0 Å². The first kappa shape index (κ1) is 9.40. The molecule has 0 heterocycles. The molecule has 0 fully saturated rings. The maximum absolute atomic E-state index is 4.12. The Bertz CT molecular complexity index is 287. The average Bonchev–Trinajstić information content (AvgIpc) is 2.03. The van der Waals surface area contributed by atoms with Gasteiger partial charge in [0.2, 0.25) is 0 Å². The van der Waals surface area contributed by atoms with Crippen LogP contribution < -0.4 is 0 Å². The summed E-state index contributed by atoms with van der Waals surface area (Å²) in [6.45, 7) is 4.24. The van der Waals surface area contributed by atoms with Gasteiger partial charge in [-0.3, -0.25) is 0 Å². The van der Waals surface area contributed by atoms with Crippen LogP contribution in [0.3, 0.4) is 0 Å². The van der Waals surface area contributed by atoms with Gasteiger partial charge < -0.3 is 0 Å². The summed E-state index contributed by atoms with van der Waals surface area (Å²) in [5.41, 5.74) is 3.93. The van der Waals surface area contributed by atoms with Crippen molar-refractivity contribution in [3.05, 3.63) is 41.0 Å². The van der Waals surface area contributed by atoms with E-state index in [4.69, 9.17) is 0 Å². The van der Waals surface area contributed by atoms with Crippen molar-refractivity contribution < 1.29 is 0 Å². The van der Waals surface area contributed by atoms with Crippen LogP contribution in [0.5, 0.6) is 0 Å². The molecule has 1 heteroatoms. The fraction of sp³-hybridized carbons (Fsp3) is 0.273. The van der Waals surface area contributed by atoms with Gasteiger partial charge in [-0.1, -0.05) is 35.9 Å². The van der Waals surface area contributed by atoms with E-state index in [1.165, 1.54) is 16.7 Å². The molecule has 0 amide bonds. The molecule has 0 radical (unpaired) electrons. The third-order valence-electron chi connectivity index (χ3n) is 1.83. The Labute approximate surface area is 79.7 Å². The largest absolute Gasteiger partial charge is 0.175 e. The lowest BCUT2D eigenvalue weighted by atomic mass is 10.1. The highest BCUT2D eigenvalue weighted by Gasteiger charge is 1.92. The highest BCUT2D eigenvalue weighted by molar-refractivity contribution is 7.80. The van der Waals surface area contributed by atoms with Crippen molar-refractivity contribution in [2.45, 2.75) is 13.8 Å². The van der Waals surface area contributed by atoms with E-state index >= 15 is 0 Å². The third kappa shape index (κ3) is 2.42. The molecule has 0 aliphatic carbocycles. The molecular formula is C11H14S. The van der Waals surface area contributed by atoms with Crippen LogP contribution in [-0.4, -0.2) is 5.75 Å². The topological polar surface area (TPSA) is 0 Å². The maximum atomic E-state index is 4.12. The lowest BCUT2D eigenvalue weighted by molar-refractivity contribution is 1.37. The summed E-state index contributed by atoms with van der Waals surface area (Å²) in [5, 5.41) is 0. The summed E-state index contributed by atoms with van der Waals surface area (Å²) < 4.78 is 0. The summed E-state index contributed by atoms with van der Waals surface area (Å²) in [6.07, 6.45) is 4.17. The smallest absolute Gasteiger partial charge is 0.00858 e. The van der Waals surface area contributed by atoms with Crippen molar-refractivity contribution in [3.63, 3.8) is 0 Å². The number of hydrogen-bond donors (Lipinski definition) is 1. The number of benzene rings is 1. The highest BCUT2D eigenvalue weighted by Crippen LogP contribution is 2.11. The Kier molecular flexibility index (Phi) is 3.42. The minimum atomic E-state index is 0.799. The third-order valence-corrected chi connectivity index (χ3v) is 2.04. The van der Waals surface area contributed by atoms with Crippen molar-refractivity contribution in [2.24, 2.45) is 0 Å². The number of thiol groups is 1. The molecule has 0 aliphatic heterocycles. The predicted octanol–water partition coefficient (Wildman–Crippen LogP) is 3.25. The molecule has 0 atom stereocenters. The zero-order valence-corrected chi connectivity index (χ0v) is 8.44. The minimum Gasteiger partial charge on any atom is -0.175 e. The fourth-order valence-corrected chi connectivity index (χ4v) is 1.30. The van der Waals surface area contributed by atoms with E-state index in [1.54, 1.807) is 0 Å². The molecule has 0 aliphatic rings. The Morgan fingerprint density at radius 2 is 2.08 bits per heavy atom. The molecule has 0 aromatic heterocycles. The van der Waals surface area contributed by atoms with Crippen molar-refractivity contribution in [2.75, 3.05) is 5.75 Å². The lowest BCUT2D eigenvalue weighted by Gasteiger charge is -2.00. The van der Waals surface area contributed by atoms with Crippen LogP contribution in [0.15, 0.2) is 24.3 Å². The number of hydrogen-bond acceptors (Lipinski definition) is 1. The van der Waals surface area contributed by atoms with Crippen LogP contribution in [0.25, 0.3) is 6.08 Å². The molecule has 12 heavy (non-hydrogen) atoms. The molecule has 0 unspecified atom stereocenters. The van der Waals surface area contributed by atoms with Gasteiger partial charge in [0.05, 0.1) is 0 Å². The van der Waals surface area contributed by atoms with Gasteiger partial charge in [0.1, 0.15) is 0 Å². The van der Waals surface area contributed by atoms with Gasteiger partial charge in [0.25, 0.3) is 0 Å². The van der Waals surface area contributed by atoms with E-state index < -0.39 is 0 Å². The minimum absolute atomic E-state index is 0.799. The normalized spacial score (nSPS) is 10.9. The molecule has 0 nitrogen and oxygen atoms in total. The Hall–Kier alpha value is -0.690. The fourth-order valence-electron chi connectivity index (χ4n) is 1.19. The SMILES string of the molecule is Cc1ccc(C=CCS)c(C)c1. The van der Waals surface area contributed by atoms with Crippen LogP contribution >= 0.6 is 12.6 Å². The van der Waals surface area contributed by atoms with Gasteiger partial charge in [-0.15, -0.1) is 0 Å². The standard InChI is InChI=1S/C11H14S/c1-9-5-6-11(4-3-7-12)10(2)8-9/h3-6,8,12H,7H2,1-2H3. The van der Waals surface area contributed by atoms with E-state index in [1.807, 2.05) is 0 Å².